The molecule has 0 spiro atoms. The lowest BCUT2D eigenvalue weighted by atomic mass is 9.55. The smallest absolute Gasteiger partial charge is 0.122 e. The van der Waals surface area contributed by atoms with Gasteiger partial charge in [0.2, 0.25) is 0 Å². The van der Waals surface area contributed by atoms with Crippen LogP contribution in [-0.2, 0) is 6.42 Å². The number of nitrogens with zero attached hydrogens (tertiary/aromatic N) is 2. The third-order valence-electron chi connectivity index (χ3n) is 7.30. The maximum atomic E-state index is 5.63. The van der Waals surface area contributed by atoms with Gasteiger partial charge in [0.1, 0.15) is 5.75 Å². The Hall–Kier alpha value is -1.51. The first-order valence-corrected chi connectivity index (χ1v) is 9.86. The quantitative estimate of drug-likeness (QED) is 0.724. The van der Waals surface area contributed by atoms with Gasteiger partial charge in [-0.25, -0.2) is 0 Å². The van der Waals surface area contributed by atoms with Gasteiger partial charge in [0, 0.05) is 25.2 Å². The number of benzene rings is 1. The highest BCUT2D eigenvalue weighted by atomic mass is 16.5. The van der Waals surface area contributed by atoms with Crippen molar-refractivity contribution in [1.29, 1.82) is 0 Å². The third-order valence-corrected chi connectivity index (χ3v) is 7.30. The lowest BCUT2D eigenvalue weighted by Crippen LogP contribution is -2.42. The summed E-state index contributed by atoms with van der Waals surface area (Å²) in [6, 6.07) is 4.74. The van der Waals surface area contributed by atoms with Crippen molar-refractivity contribution < 1.29 is 4.74 Å². The van der Waals surface area contributed by atoms with Gasteiger partial charge >= 0.3 is 0 Å². The molecule has 25 heavy (non-hydrogen) atoms. The molecule has 0 N–H and O–H groups in total. The van der Waals surface area contributed by atoms with Crippen LogP contribution < -0.4 is 4.74 Å². The SMILES string of the molecule is COc1cc2c(cc1C)CCC1C2CC[C@]2(C)/C(=N\N(C)C)CCC12. The number of aryl methyl sites for hydroxylation is 2. The predicted octanol–water partition coefficient (Wildman–Crippen LogP) is 4.78. The minimum Gasteiger partial charge on any atom is -0.496 e. The van der Waals surface area contributed by atoms with Crippen LogP contribution in [0.3, 0.4) is 0 Å². The van der Waals surface area contributed by atoms with Crippen molar-refractivity contribution in [3.8, 4) is 5.75 Å². The molecule has 0 aromatic heterocycles. The van der Waals surface area contributed by atoms with E-state index in [1.54, 1.807) is 18.2 Å². The molecule has 3 unspecified atom stereocenters. The molecule has 4 rings (SSSR count). The molecule has 0 aliphatic heterocycles. The molecule has 0 radical (unpaired) electrons. The lowest BCUT2D eigenvalue weighted by molar-refractivity contribution is 0.0947. The maximum Gasteiger partial charge on any atom is 0.122 e. The first-order chi connectivity index (χ1) is 11.9. The third kappa shape index (κ3) is 2.58. The van der Waals surface area contributed by atoms with Gasteiger partial charge in [0.05, 0.1) is 7.11 Å². The number of fused-ring (bicyclic) bond motifs is 5. The molecular formula is C22H32N2O. The topological polar surface area (TPSA) is 24.8 Å². The van der Waals surface area contributed by atoms with Crippen LogP contribution in [0.2, 0.25) is 0 Å². The summed E-state index contributed by atoms with van der Waals surface area (Å²) in [5.74, 6) is 3.39. The molecule has 136 valence electrons. The average molecular weight is 341 g/mol. The number of rotatable bonds is 2. The number of hydrogen-bond acceptors (Lipinski definition) is 3. The Bertz CT molecular complexity index is 708. The van der Waals surface area contributed by atoms with E-state index in [4.69, 9.17) is 9.84 Å². The highest BCUT2D eigenvalue weighted by Gasteiger charge is 2.53. The van der Waals surface area contributed by atoms with Crippen LogP contribution in [0.5, 0.6) is 5.75 Å². The largest absolute Gasteiger partial charge is 0.496 e. The molecule has 3 nitrogen and oxygen atoms in total. The second-order valence-corrected chi connectivity index (χ2v) is 8.82. The molecule has 0 bridgehead atoms. The minimum atomic E-state index is 0.317. The predicted molar refractivity (Wildman–Crippen MR) is 103 cm³/mol. The van der Waals surface area contributed by atoms with Gasteiger partial charge in [0.15, 0.2) is 0 Å². The van der Waals surface area contributed by atoms with Crippen molar-refractivity contribution in [3.63, 3.8) is 0 Å². The zero-order chi connectivity index (χ0) is 17.8. The van der Waals surface area contributed by atoms with E-state index < -0.39 is 0 Å². The summed E-state index contributed by atoms with van der Waals surface area (Å²) in [5, 5.41) is 6.88. The summed E-state index contributed by atoms with van der Waals surface area (Å²) in [5.41, 5.74) is 6.20. The summed E-state index contributed by atoms with van der Waals surface area (Å²) < 4.78 is 5.63. The highest BCUT2D eigenvalue weighted by molar-refractivity contribution is 5.92. The van der Waals surface area contributed by atoms with Crippen LogP contribution in [0.1, 0.15) is 61.6 Å². The Morgan fingerprint density at radius 1 is 1.16 bits per heavy atom. The van der Waals surface area contributed by atoms with Crippen LogP contribution in [0.15, 0.2) is 17.2 Å². The van der Waals surface area contributed by atoms with Crippen molar-refractivity contribution in [2.75, 3.05) is 21.2 Å². The van der Waals surface area contributed by atoms with Crippen LogP contribution >= 0.6 is 0 Å². The highest BCUT2D eigenvalue weighted by Crippen LogP contribution is 2.60. The van der Waals surface area contributed by atoms with Crippen molar-refractivity contribution in [2.45, 2.75) is 58.3 Å². The summed E-state index contributed by atoms with van der Waals surface area (Å²) in [6.07, 6.45) is 7.66. The molecule has 2 saturated carbocycles. The van der Waals surface area contributed by atoms with E-state index in [1.165, 1.54) is 49.8 Å². The van der Waals surface area contributed by atoms with Gasteiger partial charge in [-0.2, -0.15) is 5.10 Å². The summed E-state index contributed by atoms with van der Waals surface area (Å²) in [4.78, 5) is 0. The van der Waals surface area contributed by atoms with Crippen molar-refractivity contribution in [2.24, 2.45) is 22.4 Å². The van der Waals surface area contributed by atoms with Gasteiger partial charge in [-0.05, 0) is 86.0 Å². The minimum absolute atomic E-state index is 0.317. The Labute approximate surface area is 152 Å². The fourth-order valence-electron chi connectivity index (χ4n) is 6.14. The average Bonchev–Trinajstić information content (AvgIpc) is 2.90. The molecule has 0 amide bonds. The fourth-order valence-corrected chi connectivity index (χ4v) is 6.14. The molecular weight excluding hydrogens is 308 g/mol. The molecule has 0 heterocycles. The molecule has 0 saturated heterocycles. The van der Waals surface area contributed by atoms with E-state index in [9.17, 15) is 0 Å². The Kier molecular flexibility index (Phi) is 4.09. The van der Waals surface area contributed by atoms with E-state index in [0.717, 1.165) is 23.5 Å². The van der Waals surface area contributed by atoms with E-state index in [-0.39, 0.29) is 0 Å². The van der Waals surface area contributed by atoms with E-state index in [1.807, 2.05) is 5.01 Å². The summed E-state index contributed by atoms with van der Waals surface area (Å²) >= 11 is 0. The number of methoxy groups -OCH3 is 1. The van der Waals surface area contributed by atoms with Crippen molar-refractivity contribution >= 4 is 5.71 Å². The zero-order valence-corrected chi connectivity index (χ0v) is 16.4. The lowest BCUT2D eigenvalue weighted by Gasteiger charge is -2.49. The number of ether oxygens (including phenoxy) is 1. The molecule has 3 heteroatoms. The van der Waals surface area contributed by atoms with Crippen molar-refractivity contribution in [3.05, 3.63) is 28.8 Å². The van der Waals surface area contributed by atoms with Crippen LogP contribution in [0.25, 0.3) is 0 Å². The van der Waals surface area contributed by atoms with Gasteiger partial charge in [-0.1, -0.05) is 13.0 Å². The normalized spacial score (nSPS) is 35.1. The van der Waals surface area contributed by atoms with Gasteiger partial charge in [-0.3, -0.25) is 0 Å². The van der Waals surface area contributed by atoms with Gasteiger partial charge in [-0.15, -0.1) is 0 Å². The van der Waals surface area contributed by atoms with E-state index >= 15 is 0 Å². The molecule has 4 atom stereocenters. The first-order valence-electron chi connectivity index (χ1n) is 9.86. The van der Waals surface area contributed by atoms with Gasteiger partial charge < -0.3 is 9.75 Å². The standard InChI is InChI=1S/C22H32N2O/c1-14-12-15-6-7-17-16(18(15)13-20(14)25-5)10-11-22(2)19(17)8-9-21(22)23-24(3)4/h12-13,16-17,19H,6-11H2,1-5H3/b23-21-/t16?,17?,19?,22-/m0/s1. The van der Waals surface area contributed by atoms with Crippen LogP contribution in [-0.4, -0.2) is 31.9 Å². The maximum absolute atomic E-state index is 5.63. The van der Waals surface area contributed by atoms with E-state index in [2.05, 4.69) is 40.1 Å². The van der Waals surface area contributed by atoms with Gasteiger partial charge in [0.25, 0.3) is 0 Å². The Balaban J connectivity index is 1.69. The molecule has 2 fully saturated rings. The monoisotopic (exact) mass is 340 g/mol. The molecule has 1 aromatic carbocycles. The first kappa shape index (κ1) is 16.9. The van der Waals surface area contributed by atoms with E-state index in [0.29, 0.717) is 5.41 Å². The van der Waals surface area contributed by atoms with Crippen LogP contribution in [0.4, 0.5) is 0 Å². The van der Waals surface area contributed by atoms with Crippen LogP contribution in [0, 0.1) is 24.2 Å². The Morgan fingerprint density at radius 2 is 1.96 bits per heavy atom. The number of hydrogen-bond donors (Lipinski definition) is 0. The fraction of sp³-hybridized carbons (Fsp3) is 0.682. The summed E-state index contributed by atoms with van der Waals surface area (Å²) in [6.45, 7) is 4.67. The second kappa shape index (κ2) is 6.03. The molecule has 1 aromatic rings. The summed E-state index contributed by atoms with van der Waals surface area (Å²) in [7, 11) is 5.91. The number of hydrazone groups is 1. The Morgan fingerprint density at radius 3 is 2.68 bits per heavy atom. The molecule has 3 aliphatic rings. The molecule has 3 aliphatic carbocycles. The zero-order valence-electron chi connectivity index (χ0n) is 16.4. The van der Waals surface area contributed by atoms with Crippen molar-refractivity contribution in [1.82, 2.24) is 5.01 Å². The second-order valence-electron chi connectivity index (χ2n) is 8.82.